The molecule has 8 nitrogen and oxygen atoms in total. The third-order valence-electron chi connectivity index (χ3n) is 6.40. The monoisotopic (exact) mass is 617 g/mol. The van der Waals surface area contributed by atoms with E-state index in [4.69, 9.17) is 23.2 Å². The van der Waals surface area contributed by atoms with Crippen molar-refractivity contribution in [2.45, 2.75) is 39.3 Å². The Morgan fingerprint density at radius 3 is 2.27 bits per heavy atom. The quantitative estimate of drug-likeness (QED) is 0.268. The van der Waals surface area contributed by atoms with Gasteiger partial charge in [-0.3, -0.25) is 18.7 Å². The van der Waals surface area contributed by atoms with Crippen molar-refractivity contribution in [2.75, 3.05) is 23.7 Å². The van der Waals surface area contributed by atoms with E-state index in [1.807, 2.05) is 37.3 Å². The molecule has 0 heterocycles. The summed E-state index contributed by atoms with van der Waals surface area (Å²) in [4.78, 5) is 40.9. The highest BCUT2D eigenvalue weighted by Crippen LogP contribution is 2.25. The van der Waals surface area contributed by atoms with Crippen LogP contribution in [0.3, 0.4) is 0 Å². The number of anilines is 1. The minimum Gasteiger partial charge on any atom is -0.354 e. The van der Waals surface area contributed by atoms with Crippen LogP contribution in [0, 0.1) is 0 Å². The third kappa shape index (κ3) is 9.05. The first-order valence-corrected chi connectivity index (χ1v) is 15.6. The smallest absolute Gasteiger partial charge is 0.244 e. The average molecular weight is 619 g/mol. The molecule has 1 unspecified atom stereocenters. The van der Waals surface area contributed by atoms with Crippen LogP contribution in [0.1, 0.15) is 41.8 Å². The van der Waals surface area contributed by atoms with Gasteiger partial charge in [-0.25, -0.2) is 8.42 Å². The van der Waals surface area contributed by atoms with E-state index in [9.17, 15) is 22.8 Å². The second-order valence-corrected chi connectivity index (χ2v) is 12.4. The van der Waals surface area contributed by atoms with Crippen molar-refractivity contribution in [1.82, 2.24) is 10.2 Å². The number of amides is 2. The second kappa shape index (κ2) is 14.5. The number of benzene rings is 3. The molecule has 0 saturated heterocycles. The lowest BCUT2D eigenvalue weighted by atomic mass is 10.0. The fourth-order valence-corrected chi connectivity index (χ4v) is 5.56. The number of hydrogen-bond acceptors (Lipinski definition) is 5. The molecule has 41 heavy (non-hydrogen) atoms. The SMILES string of the molecule is CCCNC(=O)C(Cc1ccccc1)N(Cc1ccc(Cl)cc1Cl)C(=O)CN(c1cccc(C(C)=O)c1)S(C)(=O)=O. The van der Waals surface area contributed by atoms with Gasteiger partial charge in [0.15, 0.2) is 5.78 Å². The lowest BCUT2D eigenvalue weighted by Gasteiger charge is -2.33. The summed E-state index contributed by atoms with van der Waals surface area (Å²) in [5.74, 6) is -1.25. The molecule has 1 atom stereocenters. The largest absolute Gasteiger partial charge is 0.354 e. The van der Waals surface area contributed by atoms with E-state index in [2.05, 4.69) is 5.32 Å². The number of carbonyl (C=O) groups excluding carboxylic acids is 3. The Balaban J connectivity index is 2.09. The van der Waals surface area contributed by atoms with Gasteiger partial charge in [-0.15, -0.1) is 0 Å². The molecule has 0 spiro atoms. The van der Waals surface area contributed by atoms with Crippen LogP contribution in [-0.2, 0) is 32.6 Å². The second-order valence-electron chi connectivity index (χ2n) is 9.63. The zero-order chi connectivity index (χ0) is 30.2. The minimum atomic E-state index is -3.96. The Hall–Kier alpha value is -3.40. The Morgan fingerprint density at radius 1 is 0.951 bits per heavy atom. The molecule has 218 valence electrons. The number of nitrogens with zero attached hydrogens (tertiary/aromatic N) is 2. The van der Waals surface area contributed by atoms with E-state index in [0.29, 0.717) is 34.1 Å². The van der Waals surface area contributed by atoms with E-state index in [1.165, 1.54) is 24.0 Å². The highest BCUT2D eigenvalue weighted by atomic mass is 35.5. The Bertz CT molecular complexity index is 1500. The van der Waals surface area contributed by atoms with Crippen molar-refractivity contribution < 1.29 is 22.8 Å². The molecule has 11 heteroatoms. The van der Waals surface area contributed by atoms with E-state index < -0.39 is 28.5 Å². The average Bonchev–Trinajstić information content (AvgIpc) is 2.93. The number of carbonyl (C=O) groups is 3. The Morgan fingerprint density at radius 2 is 1.66 bits per heavy atom. The number of rotatable bonds is 13. The lowest BCUT2D eigenvalue weighted by molar-refractivity contribution is -0.140. The summed E-state index contributed by atoms with van der Waals surface area (Å²) < 4.78 is 26.8. The van der Waals surface area contributed by atoms with Crippen LogP contribution in [0.25, 0.3) is 0 Å². The number of ketones is 1. The van der Waals surface area contributed by atoms with Crippen LogP contribution in [-0.4, -0.2) is 56.3 Å². The molecule has 3 aromatic carbocycles. The zero-order valence-corrected chi connectivity index (χ0v) is 25.5. The van der Waals surface area contributed by atoms with Gasteiger partial charge in [-0.2, -0.15) is 0 Å². The molecule has 3 aromatic rings. The van der Waals surface area contributed by atoms with Gasteiger partial charge in [0.1, 0.15) is 12.6 Å². The van der Waals surface area contributed by atoms with Crippen LogP contribution >= 0.6 is 23.2 Å². The third-order valence-corrected chi connectivity index (χ3v) is 8.12. The number of nitrogens with one attached hydrogen (secondary N) is 1. The highest BCUT2D eigenvalue weighted by molar-refractivity contribution is 7.92. The molecule has 1 N–H and O–H groups in total. The van der Waals surface area contributed by atoms with E-state index >= 15 is 0 Å². The molecule has 2 amide bonds. The first-order chi connectivity index (χ1) is 19.4. The van der Waals surface area contributed by atoms with Crippen molar-refractivity contribution >= 4 is 56.5 Å². The number of sulfonamides is 1. The van der Waals surface area contributed by atoms with Gasteiger partial charge >= 0.3 is 0 Å². The number of Topliss-reactive ketones (excluding diaryl/α,β-unsaturated/α-hetero) is 1. The van der Waals surface area contributed by atoms with Gasteiger partial charge in [0.2, 0.25) is 21.8 Å². The number of hydrogen-bond donors (Lipinski definition) is 1. The van der Waals surface area contributed by atoms with E-state index in [-0.39, 0.29) is 30.3 Å². The predicted octanol–water partition coefficient (Wildman–Crippen LogP) is 5.13. The van der Waals surface area contributed by atoms with Gasteiger partial charge in [-0.05, 0) is 48.7 Å². The molecular weight excluding hydrogens is 585 g/mol. The van der Waals surface area contributed by atoms with Crippen LogP contribution in [0.15, 0.2) is 72.8 Å². The highest BCUT2D eigenvalue weighted by Gasteiger charge is 2.33. The number of halogens is 2. The predicted molar refractivity (Wildman–Crippen MR) is 163 cm³/mol. The molecule has 3 rings (SSSR count). The molecule has 0 radical (unpaired) electrons. The maximum atomic E-state index is 14.1. The fourth-order valence-electron chi connectivity index (χ4n) is 4.25. The molecule has 0 aliphatic heterocycles. The first-order valence-electron chi connectivity index (χ1n) is 13.0. The van der Waals surface area contributed by atoms with Gasteiger partial charge in [-0.1, -0.05) is 78.7 Å². The molecule has 0 aliphatic rings. The topological polar surface area (TPSA) is 104 Å². The molecule has 0 bridgehead atoms. The molecular formula is C30H33Cl2N3O5S. The van der Waals surface area contributed by atoms with E-state index in [0.717, 1.165) is 16.1 Å². The maximum Gasteiger partial charge on any atom is 0.244 e. The van der Waals surface area contributed by atoms with Gasteiger partial charge < -0.3 is 10.2 Å². The summed E-state index contributed by atoms with van der Waals surface area (Å²) in [5, 5.41) is 3.59. The summed E-state index contributed by atoms with van der Waals surface area (Å²) in [6.07, 6.45) is 1.86. The van der Waals surface area contributed by atoms with Crippen LogP contribution < -0.4 is 9.62 Å². The summed E-state index contributed by atoms with van der Waals surface area (Å²) in [7, 11) is -3.96. The summed E-state index contributed by atoms with van der Waals surface area (Å²) in [6, 6.07) is 19.2. The van der Waals surface area contributed by atoms with Gasteiger partial charge in [0.05, 0.1) is 11.9 Å². The fraction of sp³-hybridized carbons (Fsp3) is 0.300. The summed E-state index contributed by atoms with van der Waals surface area (Å²) in [5.41, 5.74) is 1.82. The molecule has 0 aliphatic carbocycles. The van der Waals surface area contributed by atoms with Crippen molar-refractivity contribution in [1.29, 1.82) is 0 Å². The summed E-state index contributed by atoms with van der Waals surface area (Å²) >= 11 is 12.6. The standard InChI is InChI=1S/C30H33Cl2N3O5S/c1-4-15-33-30(38)28(16-22-9-6-5-7-10-22)34(19-24-13-14-25(31)18-27(24)32)29(37)20-35(41(3,39)40)26-12-8-11-23(17-26)21(2)36/h5-14,17-18,28H,4,15-16,19-20H2,1-3H3,(H,33,38). The Labute approximate surface area is 251 Å². The van der Waals surface area contributed by atoms with Crippen LogP contribution in [0.2, 0.25) is 10.0 Å². The van der Waals surface area contributed by atoms with Crippen molar-refractivity contribution in [3.05, 3.63) is 99.5 Å². The Kier molecular flexibility index (Phi) is 11.3. The van der Waals surface area contributed by atoms with Crippen LogP contribution in [0.4, 0.5) is 5.69 Å². The first kappa shape index (κ1) is 32.1. The molecule has 0 aromatic heterocycles. The zero-order valence-electron chi connectivity index (χ0n) is 23.1. The van der Waals surface area contributed by atoms with Crippen molar-refractivity contribution in [2.24, 2.45) is 0 Å². The van der Waals surface area contributed by atoms with Gasteiger partial charge in [0.25, 0.3) is 0 Å². The van der Waals surface area contributed by atoms with Crippen molar-refractivity contribution in [3.63, 3.8) is 0 Å². The van der Waals surface area contributed by atoms with E-state index in [1.54, 1.807) is 30.3 Å². The summed E-state index contributed by atoms with van der Waals surface area (Å²) in [6.45, 7) is 3.02. The minimum absolute atomic E-state index is 0.0725. The van der Waals surface area contributed by atoms with Crippen LogP contribution in [0.5, 0.6) is 0 Å². The molecule has 0 fully saturated rings. The van der Waals surface area contributed by atoms with Gasteiger partial charge in [0, 0.05) is 35.1 Å². The molecule has 0 saturated carbocycles. The van der Waals surface area contributed by atoms with Crippen molar-refractivity contribution in [3.8, 4) is 0 Å². The maximum absolute atomic E-state index is 14.1. The normalized spacial score (nSPS) is 11.9. The lowest BCUT2D eigenvalue weighted by Crippen LogP contribution is -2.53.